The molecule has 0 aromatic carbocycles. The number of ether oxygens (including phenoxy) is 2. The maximum atomic E-state index is 11.8. The van der Waals surface area contributed by atoms with Crippen LogP contribution in [0.5, 0.6) is 0 Å². The molecule has 94 valence electrons. The van der Waals surface area contributed by atoms with Gasteiger partial charge in [0.15, 0.2) is 0 Å². The lowest BCUT2D eigenvalue weighted by molar-refractivity contribution is -0.125. The Morgan fingerprint density at radius 3 is 3.00 bits per heavy atom. The Hall–Kier alpha value is -0.650. The Kier molecular flexibility index (Phi) is 6.37. The van der Waals surface area contributed by atoms with E-state index in [0.717, 1.165) is 13.0 Å². The molecule has 0 aromatic heterocycles. The molecule has 0 aromatic rings. The van der Waals surface area contributed by atoms with E-state index in [0.29, 0.717) is 26.4 Å². The summed E-state index contributed by atoms with van der Waals surface area (Å²) in [5.74, 6) is 0.0189. The second-order valence-electron chi connectivity index (χ2n) is 3.88. The van der Waals surface area contributed by atoms with E-state index in [-0.39, 0.29) is 17.9 Å². The summed E-state index contributed by atoms with van der Waals surface area (Å²) >= 11 is 0. The van der Waals surface area contributed by atoms with Crippen molar-refractivity contribution < 1.29 is 14.3 Å². The van der Waals surface area contributed by atoms with Gasteiger partial charge in [0.05, 0.1) is 19.1 Å². The van der Waals surface area contributed by atoms with Crippen LogP contribution in [-0.2, 0) is 14.3 Å². The molecule has 2 atom stereocenters. The Balaban J connectivity index is 2.14. The third kappa shape index (κ3) is 4.08. The van der Waals surface area contributed by atoms with Gasteiger partial charge >= 0.3 is 0 Å². The molecule has 16 heavy (non-hydrogen) atoms. The minimum Gasteiger partial charge on any atom is -0.382 e. The molecule has 5 heteroatoms. The first-order chi connectivity index (χ1) is 7.79. The highest BCUT2D eigenvalue weighted by Crippen LogP contribution is 2.13. The van der Waals surface area contributed by atoms with Crippen LogP contribution < -0.4 is 10.6 Å². The molecule has 2 N–H and O–H groups in total. The monoisotopic (exact) mass is 230 g/mol. The minimum atomic E-state index is -0.0582. The summed E-state index contributed by atoms with van der Waals surface area (Å²) in [6.07, 6.45) is 0.859. The van der Waals surface area contributed by atoms with E-state index < -0.39 is 0 Å². The molecule has 5 nitrogen and oxygen atoms in total. The summed E-state index contributed by atoms with van der Waals surface area (Å²) in [5.41, 5.74) is 0. The van der Waals surface area contributed by atoms with Crippen LogP contribution in [-0.4, -0.2) is 52.0 Å². The second-order valence-corrected chi connectivity index (χ2v) is 3.88. The van der Waals surface area contributed by atoms with E-state index in [9.17, 15) is 4.79 Å². The number of amides is 1. The largest absolute Gasteiger partial charge is 0.382 e. The average Bonchev–Trinajstić information content (AvgIpc) is 2.76. The van der Waals surface area contributed by atoms with Crippen molar-refractivity contribution in [3.63, 3.8) is 0 Å². The lowest BCUT2D eigenvalue weighted by Gasteiger charge is -2.16. The molecule has 0 aliphatic carbocycles. The van der Waals surface area contributed by atoms with E-state index in [2.05, 4.69) is 10.6 Å². The molecule has 1 amide bonds. The van der Waals surface area contributed by atoms with Crippen molar-refractivity contribution in [3.05, 3.63) is 0 Å². The van der Waals surface area contributed by atoms with Crippen molar-refractivity contribution in [1.82, 2.24) is 10.6 Å². The molecular formula is C11H22N2O3. The second kappa shape index (κ2) is 7.60. The summed E-state index contributed by atoms with van der Waals surface area (Å²) in [4.78, 5) is 11.8. The van der Waals surface area contributed by atoms with Crippen molar-refractivity contribution >= 4 is 5.91 Å². The molecule has 1 aliphatic heterocycles. The van der Waals surface area contributed by atoms with Crippen LogP contribution in [0.3, 0.4) is 0 Å². The Morgan fingerprint density at radius 2 is 2.31 bits per heavy atom. The number of likely N-dealkylation sites (N-methyl/N-ethyl adjacent to an activating group) is 1. The third-order valence-corrected chi connectivity index (χ3v) is 2.76. The van der Waals surface area contributed by atoms with Gasteiger partial charge in [0.1, 0.15) is 0 Å². The highest BCUT2D eigenvalue weighted by atomic mass is 16.5. The quantitative estimate of drug-likeness (QED) is 0.593. The van der Waals surface area contributed by atoms with Gasteiger partial charge in [-0.15, -0.1) is 0 Å². The smallest absolute Gasteiger partial charge is 0.227 e. The number of carbonyl (C=O) groups is 1. The molecule has 0 spiro atoms. The van der Waals surface area contributed by atoms with E-state index in [4.69, 9.17) is 9.47 Å². The lowest BCUT2D eigenvalue weighted by atomic mass is 10.0. The highest BCUT2D eigenvalue weighted by Gasteiger charge is 2.32. The highest BCUT2D eigenvalue weighted by molar-refractivity contribution is 5.79. The van der Waals surface area contributed by atoms with Gasteiger partial charge in [-0.2, -0.15) is 0 Å². The molecular weight excluding hydrogens is 208 g/mol. The van der Waals surface area contributed by atoms with Gasteiger partial charge in [-0.05, 0) is 20.4 Å². The first kappa shape index (κ1) is 13.4. The number of nitrogens with one attached hydrogen (secondary N) is 2. The van der Waals surface area contributed by atoms with E-state index in [1.54, 1.807) is 0 Å². The zero-order valence-corrected chi connectivity index (χ0v) is 10.1. The molecule has 1 saturated heterocycles. The minimum absolute atomic E-state index is 0.0582. The summed E-state index contributed by atoms with van der Waals surface area (Å²) in [6.45, 7) is 5.20. The van der Waals surface area contributed by atoms with Crippen LogP contribution in [0.25, 0.3) is 0 Å². The van der Waals surface area contributed by atoms with Crippen LogP contribution >= 0.6 is 0 Å². The van der Waals surface area contributed by atoms with Crippen LogP contribution in [0.4, 0.5) is 0 Å². The summed E-state index contributed by atoms with van der Waals surface area (Å²) in [5, 5.41) is 6.00. The van der Waals surface area contributed by atoms with Gasteiger partial charge in [-0.25, -0.2) is 0 Å². The topological polar surface area (TPSA) is 59.6 Å². The van der Waals surface area contributed by atoms with Crippen molar-refractivity contribution in [3.8, 4) is 0 Å². The predicted molar refractivity (Wildman–Crippen MR) is 61.3 cm³/mol. The van der Waals surface area contributed by atoms with E-state index >= 15 is 0 Å². The van der Waals surface area contributed by atoms with Gasteiger partial charge in [0.25, 0.3) is 0 Å². The van der Waals surface area contributed by atoms with Gasteiger partial charge in [0.2, 0.25) is 5.91 Å². The van der Waals surface area contributed by atoms with Gasteiger partial charge in [0, 0.05) is 25.8 Å². The van der Waals surface area contributed by atoms with E-state index in [1.807, 2.05) is 14.0 Å². The lowest BCUT2D eigenvalue weighted by Crippen LogP contribution is -2.42. The summed E-state index contributed by atoms with van der Waals surface area (Å²) in [7, 11) is 1.86. The molecule has 0 saturated carbocycles. The van der Waals surface area contributed by atoms with Crippen LogP contribution in [0.2, 0.25) is 0 Å². The Labute approximate surface area is 96.9 Å². The van der Waals surface area contributed by atoms with Gasteiger partial charge in [-0.3, -0.25) is 4.79 Å². The molecule has 0 bridgehead atoms. The molecule has 1 heterocycles. The summed E-state index contributed by atoms with van der Waals surface area (Å²) in [6, 6.07) is 0.145. The average molecular weight is 230 g/mol. The third-order valence-electron chi connectivity index (χ3n) is 2.76. The standard InChI is InChI=1S/C11H22N2O3/c1-3-15-6-4-5-13-11(14)9-7-16-8-10(9)12-2/h9-10,12H,3-8H2,1-2H3,(H,13,14). The fraction of sp³-hybridized carbons (Fsp3) is 0.909. The first-order valence-corrected chi connectivity index (χ1v) is 5.90. The molecule has 1 rings (SSSR count). The SMILES string of the molecule is CCOCCCNC(=O)C1COCC1NC. The predicted octanol–water partition coefficient (Wildman–Crippen LogP) is -0.236. The molecule has 2 unspecified atom stereocenters. The number of hydrogen-bond donors (Lipinski definition) is 2. The van der Waals surface area contributed by atoms with Crippen molar-refractivity contribution in [2.45, 2.75) is 19.4 Å². The zero-order valence-electron chi connectivity index (χ0n) is 10.1. The van der Waals surface area contributed by atoms with Gasteiger partial charge in [-0.1, -0.05) is 0 Å². The first-order valence-electron chi connectivity index (χ1n) is 5.90. The molecule has 0 radical (unpaired) electrons. The number of carbonyl (C=O) groups excluding carboxylic acids is 1. The maximum Gasteiger partial charge on any atom is 0.227 e. The van der Waals surface area contributed by atoms with Crippen molar-refractivity contribution in [1.29, 1.82) is 0 Å². The van der Waals surface area contributed by atoms with Crippen molar-refractivity contribution in [2.24, 2.45) is 5.92 Å². The zero-order chi connectivity index (χ0) is 11.8. The molecule has 1 aliphatic rings. The number of rotatable bonds is 7. The fourth-order valence-electron chi connectivity index (χ4n) is 1.76. The molecule has 1 fully saturated rings. The van der Waals surface area contributed by atoms with Crippen LogP contribution in [0.15, 0.2) is 0 Å². The van der Waals surface area contributed by atoms with Gasteiger partial charge < -0.3 is 20.1 Å². The Bertz CT molecular complexity index is 211. The fourth-order valence-corrected chi connectivity index (χ4v) is 1.76. The summed E-state index contributed by atoms with van der Waals surface area (Å²) < 4.78 is 10.5. The van der Waals surface area contributed by atoms with E-state index in [1.165, 1.54) is 0 Å². The number of hydrogen-bond acceptors (Lipinski definition) is 4. The van der Waals surface area contributed by atoms with Crippen LogP contribution in [0, 0.1) is 5.92 Å². The Morgan fingerprint density at radius 1 is 1.50 bits per heavy atom. The maximum absolute atomic E-state index is 11.8. The van der Waals surface area contributed by atoms with Crippen molar-refractivity contribution in [2.75, 3.05) is 40.0 Å². The normalized spacial score (nSPS) is 24.6. The van der Waals surface area contributed by atoms with Crippen LogP contribution in [0.1, 0.15) is 13.3 Å².